The van der Waals surface area contributed by atoms with Gasteiger partial charge in [-0.15, -0.1) is 0 Å². The SMILES string of the molecule is CCc1ccc(N(CC(=O)N(Cc2c(Cl)cccc2Cl)[C@@H](C)C(=O)NC)S(=O)(=O)c2ccccc2)cc1. The number of nitrogens with zero attached hydrogens (tertiary/aromatic N) is 2. The largest absolute Gasteiger partial charge is 0.357 e. The lowest BCUT2D eigenvalue weighted by Gasteiger charge is -2.32. The second kappa shape index (κ2) is 12.4. The van der Waals surface area contributed by atoms with Crippen molar-refractivity contribution in [2.24, 2.45) is 0 Å². The van der Waals surface area contributed by atoms with Gasteiger partial charge in [0.15, 0.2) is 0 Å². The number of nitrogens with one attached hydrogen (secondary N) is 1. The van der Waals surface area contributed by atoms with Crippen LogP contribution in [0.3, 0.4) is 0 Å². The molecule has 0 aliphatic rings. The fourth-order valence-corrected chi connectivity index (χ4v) is 5.74. The predicted molar refractivity (Wildman–Crippen MR) is 147 cm³/mol. The average molecular weight is 563 g/mol. The molecule has 3 aromatic rings. The van der Waals surface area contributed by atoms with E-state index in [4.69, 9.17) is 23.2 Å². The van der Waals surface area contributed by atoms with E-state index in [1.165, 1.54) is 24.1 Å². The third kappa shape index (κ3) is 6.63. The van der Waals surface area contributed by atoms with E-state index < -0.39 is 34.4 Å². The average Bonchev–Trinajstić information content (AvgIpc) is 2.91. The number of likely N-dealkylation sites (N-methyl/N-ethyl adjacent to an activating group) is 1. The van der Waals surface area contributed by atoms with Gasteiger partial charge < -0.3 is 10.2 Å². The molecule has 0 radical (unpaired) electrons. The molecule has 0 heterocycles. The summed E-state index contributed by atoms with van der Waals surface area (Å²) in [4.78, 5) is 27.7. The normalized spacial score (nSPS) is 12.0. The van der Waals surface area contributed by atoms with E-state index in [2.05, 4.69) is 5.32 Å². The fraction of sp³-hybridized carbons (Fsp3) is 0.259. The number of carbonyl (C=O) groups is 2. The minimum atomic E-state index is -4.11. The highest BCUT2D eigenvalue weighted by molar-refractivity contribution is 7.92. The van der Waals surface area contributed by atoms with Gasteiger partial charge in [0.1, 0.15) is 12.6 Å². The zero-order valence-electron chi connectivity index (χ0n) is 20.8. The Balaban J connectivity index is 2.05. The van der Waals surface area contributed by atoms with E-state index in [0.717, 1.165) is 16.3 Å². The predicted octanol–water partition coefficient (Wildman–Crippen LogP) is 4.91. The molecule has 0 spiro atoms. The standard InChI is InChI=1S/C27H29Cl2N3O4S/c1-4-20-13-15-21(16-14-20)32(37(35,36)22-9-6-5-7-10-22)18-26(33)31(19(2)27(34)30-3)17-23-24(28)11-8-12-25(23)29/h5-16,19H,4,17-18H2,1-3H3,(H,30,34)/t19-/m0/s1. The van der Waals surface area contributed by atoms with Crippen LogP contribution in [-0.2, 0) is 32.6 Å². The van der Waals surface area contributed by atoms with Crippen LogP contribution < -0.4 is 9.62 Å². The number of carbonyl (C=O) groups excluding carboxylic acids is 2. The Hall–Kier alpha value is -3.07. The Bertz CT molecular complexity index is 1330. The second-order valence-electron chi connectivity index (χ2n) is 8.36. The van der Waals surface area contributed by atoms with Crippen molar-refractivity contribution >= 4 is 50.7 Å². The number of benzene rings is 3. The van der Waals surface area contributed by atoms with Crippen LogP contribution in [0, 0.1) is 0 Å². The summed E-state index contributed by atoms with van der Waals surface area (Å²) in [5, 5.41) is 3.20. The molecule has 10 heteroatoms. The lowest BCUT2D eigenvalue weighted by atomic mass is 10.1. The maximum Gasteiger partial charge on any atom is 0.264 e. The Morgan fingerprint density at radius 2 is 1.51 bits per heavy atom. The molecule has 2 amide bonds. The summed E-state index contributed by atoms with van der Waals surface area (Å²) >= 11 is 12.7. The van der Waals surface area contributed by atoms with Gasteiger partial charge in [-0.05, 0) is 55.3 Å². The molecular weight excluding hydrogens is 533 g/mol. The van der Waals surface area contributed by atoms with Crippen molar-refractivity contribution in [3.63, 3.8) is 0 Å². The summed E-state index contributed by atoms with van der Waals surface area (Å²) in [6.45, 7) is 2.94. The number of sulfonamides is 1. The molecule has 37 heavy (non-hydrogen) atoms. The topological polar surface area (TPSA) is 86.8 Å². The zero-order valence-corrected chi connectivity index (χ0v) is 23.1. The van der Waals surface area contributed by atoms with Gasteiger partial charge in [-0.3, -0.25) is 13.9 Å². The number of halogens is 2. The van der Waals surface area contributed by atoms with Gasteiger partial charge in [0.25, 0.3) is 10.0 Å². The Labute approximate surface area is 228 Å². The summed E-state index contributed by atoms with van der Waals surface area (Å²) in [6, 6.07) is 18.9. The van der Waals surface area contributed by atoms with Crippen molar-refractivity contribution in [1.29, 1.82) is 0 Å². The summed E-state index contributed by atoms with van der Waals surface area (Å²) in [5.74, 6) is -1.01. The van der Waals surface area contributed by atoms with Crippen molar-refractivity contribution in [2.45, 2.75) is 37.8 Å². The highest BCUT2D eigenvalue weighted by Gasteiger charge is 2.32. The van der Waals surface area contributed by atoms with Crippen LogP contribution >= 0.6 is 23.2 Å². The molecule has 1 N–H and O–H groups in total. The first-order valence-electron chi connectivity index (χ1n) is 11.7. The van der Waals surface area contributed by atoms with Gasteiger partial charge in [-0.25, -0.2) is 8.42 Å². The van der Waals surface area contributed by atoms with Crippen molar-refractivity contribution in [2.75, 3.05) is 17.9 Å². The van der Waals surface area contributed by atoms with Crippen molar-refractivity contribution in [3.8, 4) is 0 Å². The molecule has 3 aromatic carbocycles. The van der Waals surface area contributed by atoms with Crippen LogP contribution in [-0.4, -0.2) is 44.8 Å². The van der Waals surface area contributed by atoms with E-state index in [1.807, 2.05) is 19.1 Å². The smallest absolute Gasteiger partial charge is 0.264 e. The molecule has 3 rings (SSSR count). The first-order chi connectivity index (χ1) is 17.6. The Morgan fingerprint density at radius 1 is 0.919 bits per heavy atom. The number of rotatable bonds is 10. The minimum Gasteiger partial charge on any atom is -0.357 e. The van der Waals surface area contributed by atoms with Gasteiger partial charge in [0, 0.05) is 29.2 Å². The zero-order chi connectivity index (χ0) is 27.2. The first kappa shape index (κ1) is 28.5. The Kier molecular flexibility index (Phi) is 9.59. The van der Waals surface area contributed by atoms with Crippen molar-refractivity contribution in [1.82, 2.24) is 10.2 Å². The minimum absolute atomic E-state index is 0.0439. The summed E-state index contributed by atoms with van der Waals surface area (Å²) in [7, 11) is -2.65. The summed E-state index contributed by atoms with van der Waals surface area (Å²) in [6.07, 6.45) is 0.778. The number of anilines is 1. The maximum atomic E-state index is 13.8. The molecule has 0 saturated carbocycles. The quantitative estimate of drug-likeness (QED) is 0.380. The fourth-order valence-electron chi connectivity index (χ4n) is 3.79. The molecule has 0 aliphatic heterocycles. The molecule has 0 fully saturated rings. The molecule has 1 atom stereocenters. The van der Waals surface area contributed by atoms with Gasteiger partial charge in [-0.1, -0.05) is 66.5 Å². The number of hydrogen-bond donors (Lipinski definition) is 1. The monoisotopic (exact) mass is 561 g/mol. The van der Waals surface area contributed by atoms with Gasteiger partial charge in [-0.2, -0.15) is 0 Å². The summed E-state index contributed by atoms with van der Waals surface area (Å²) in [5.41, 5.74) is 1.81. The van der Waals surface area contributed by atoms with E-state index >= 15 is 0 Å². The number of aryl methyl sites for hydroxylation is 1. The lowest BCUT2D eigenvalue weighted by molar-refractivity contribution is -0.139. The van der Waals surface area contributed by atoms with Crippen LogP contribution in [0.1, 0.15) is 25.0 Å². The molecule has 0 bridgehead atoms. The molecule has 196 valence electrons. The van der Waals surface area contributed by atoms with Gasteiger partial charge in [0.2, 0.25) is 11.8 Å². The highest BCUT2D eigenvalue weighted by Crippen LogP contribution is 2.28. The first-order valence-corrected chi connectivity index (χ1v) is 13.9. The third-order valence-corrected chi connectivity index (χ3v) is 8.54. The second-order valence-corrected chi connectivity index (χ2v) is 11.0. The van der Waals surface area contributed by atoms with E-state index in [0.29, 0.717) is 21.3 Å². The molecule has 0 saturated heterocycles. The molecular formula is C27H29Cl2N3O4S. The van der Waals surface area contributed by atoms with E-state index in [1.54, 1.807) is 55.5 Å². The molecule has 0 unspecified atom stereocenters. The van der Waals surface area contributed by atoms with Gasteiger partial charge in [0.05, 0.1) is 10.6 Å². The maximum absolute atomic E-state index is 13.8. The number of hydrogen-bond acceptors (Lipinski definition) is 4. The van der Waals surface area contributed by atoms with Crippen LogP contribution in [0.15, 0.2) is 77.7 Å². The molecule has 0 aliphatic carbocycles. The van der Waals surface area contributed by atoms with Crippen LogP contribution in [0.2, 0.25) is 10.0 Å². The Morgan fingerprint density at radius 3 is 2.05 bits per heavy atom. The van der Waals surface area contributed by atoms with Gasteiger partial charge >= 0.3 is 0 Å². The van der Waals surface area contributed by atoms with Crippen LogP contribution in [0.5, 0.6) is 0 Å². The number of amides is 2. The van der Waals surface area contributed by atoms with E-state index in [9.17, 15) is 18.0 Å². The van der Waals surface area contributed by atoms with E-state index in [-0.39, 0.29) is 11.4 Å². The van der Waals surface area contributed by atoms with Crippen LogP contribution in [0.4, 0.5) is 5.69 Å². The third-order valence-electron chi connectivity index (χ3n) is 6.05. The molecule has 0 aromatic heterocycles. The van der Waals surface area contributed by atoms with Crippen LogP contribution in [0.25, 0.3) is 0 Å². The molecule has 7 nitrogen and oxygen atoms in total. The summed E-state index contributed by atoms with van der Waals surface area (Å²) < 4.78 is 28.5. The lowest BCUT2D eigenvalue weighted by Crippen LogP contribution is -2.50. The van der Waals surface area contributed by atoms with Crippen molar-refractivity contribution < 1.29 is 18.0 Å². The highest BCUT2D eigenvalue weighted by atomic mass is 35.5. The van der Waals surface area contributed by atoms with Crippen molar-refractivity contribution in [3.05, 3.63) is 94.0 Å².